The van der Waals surface area contributed by atoms with Crippen molar-refractivity contribution in [3.05, 3.63) is 33.9 Å². The van der Waals surface area contributed by atoms with E-state index in [1.54, 1.807) is 0 Å². The first kappa shape index (κ1) is 15.5. The van der Waals surface area contributed by atoms with Crippen molar-refractivity contribution < 1.29 is 9.21 Å². The fourth-order valence-electron chi connectivity index (χ4n) is 4.97. The summed E-state index contributed by atoms with van der Waals surface area (Å²) in [6, 6.07) is 1.44. The Morgan fingerprint density at radius 2 is 1.95 bits per heavy atom. The Labute approximate surface area is 132 Å². The molecule has 0 amide bonds. The topological polar surface area (TPSA) is 47.3 Å². The third-order valence-electron chi connectivity index (χ3n) is 6.07. The van der Waals surface area contributed by atoms with E-state index >= 15 is 0 Å². The van der Waals surface area contributed by atoms with Crippen molar-refractivity contribution in [1.29, 1.82) is 0 Å². The molecule has 1 heterocycles. The van der Waals surface area contributed by atoms with Gasteiger partial charge >= 0.3 is 0 Å². The molecule has 0 bridgehead atoms. The average Bonchev–Trinajstić information content (AvgIpc) is 2.46. The van der Waals surface area contributed by atoms with Gasteiger partial charge in [0, 0.05) is 30.9 Å². The van der Waals surface area contributed by atoms with E-state index < -0.39 is 0 Å². The quantitative estimate of drug-likeness (QED) is 0.729. The molecular formula is C19H26O3. The highest BCUT2D eigenvalue weighted by atomic mass is 16.3. The second-order valence-electron chi connectivity index (χ2n) is 8.17. The molecule has 3 rings (SSSR count). The summed E-state index contributed by atoms with van der Waals surface area (Å²) in [5.41, 5.74) is 0.898. The number of carbonyl (C=O) groups excluding carboxylic acids is 1. The molecule has 2 aliphatic rings. The van der Waals surface area contributed by atoms with Crippen LogP contribution in [0.25, 0.3) is 0 Å². The minimum atomic E-state index is -0.0493. The average molecular weight is 302 g/mol. The molecule has 3 nitrogen and oxygen atoms in total. The first-order chi connectivity index (χ1) is 10.3. The van der Waals surface area contributed by atoms with Crippen LogP contribution in [0.1, 0.15) is 64.2 Å². The number of rotatable bonds is 0. The molecule has 0 spiro atoms. The molecular weight excluding hydrogens is 276 g/mol. The van der Waals surface area contributed by atoms with E-state index in [0.29, 0.717) is 17.9 Å². The van der Waals surface area contributed by atoms with Crippen LogP contribution in [0.5, 0.6) is 0 Å². The molecule has 0 saturated heterocycles. The Morgan fingerprint density at radius 3 is 2.73 bits per heavy atom. The van der Waals surface area contributed by atoms with Gasteiger partial charge in [-0.25, -0.2) is 0 Å². The van der Waals surface area contributed by atoms with Gasteiger partial charge in [-0.05, 0) is 36.0 Å². The molecule has 0 aliphatic heterocycles. The zero-order chi connectivity index (χ0) is 16.0. The van der Waals surface area contributed by atoms with Crippen LogP contribution in [-0.4, -0.2) is 5.78 Å². The maximum atomic E-state index is 12.3. The van der Waals surface area contributed by atoms with Crippen molar-refractivity contribution in [3.63, 3.8) is 0 Å². The van der Waals surface area contributed by atoms with Crippen LogP contribution in [0.3, 0.4) is 0 Å². The highest BCUT2D eigenvalue weighted by molar-refractivity contribution is 5.81. The lowest BCUT2D eigenvalue weighted by atomic mass is 9.54. The minimum absolute atomic E-state index is 0.0493. The number of Topliss-reactive ketones (excluding diaryl/α,β-unsaturated/α-hetero) is 1. The molecule has 22 heavy (non-hydrogen) atoms. The van der Waals surface area contributed by atoms with Gasteiger partial charge in [0.15, 0.2) is 5.43 Å². The van der Waals surface area contributed by atoms with E-state index in [0.717, 1.165) is 25.0 Å². The molecule has 2 unspecified atom stereocenters. The Hall–Kier alpha value is -1.38. The van der Waals surface area contributed by atoms with Crippen LogP contribution in [0.15, 0.2) is 21.5 Å². The third-order valence-corrected chi connectivity index (χ3v) is 6.07. The predicted molar refractivity (Wildman–Crippen MR) is 85.9 cm³/mol. The predicted octanol–water partition coefficient (Wildman–Crippen LogP) is 3.92. The number of hydrogen-bond donors (Lipinski definition) is 0. The molecule has 2 aliphatic carbocycles. The smallest absolute Gasteiger partial charge is 0.188 e. The van der Waals surface area contributed by atoms with Gasteiger partial charge < -0.3 is 4.42 Å². The van der Waals surface area contributed by atoms with Crippen molar-refractivity contribution in [2.75, 3.05) is 0 Å². The standard InChI is InChI=1S/C19H26O3/c1-18(2)8-4-9-19(3)12-16-14(15(21)7-10-22-16)11-13(20)5-6-17(18)19/h7,10,17H,4-6,8-9,11-12H2,1-3H3. The molecule has 3 heteroatoms. The van der Waals surface area contributed by atoms with Crippen molar-refractivity contribution in [1.82, 2.24) is 0 Å². The second kappa shape index (κ2) is 5.36. The fraction of sp³-hybridized carbons (Fsp3) is 0.684. The lowest BCUT2D eigenvalue weighted by molar-refractivity contribution is -0.119. The Bertz CT molecular complexity index is 640. The Balaban J connectivity index is 2.09. The highest BCUT2D eigenvalue weighted by Crippen LogP contribution is 2.54. The van der Waals surface area contributed by atoms with E-state index in [-0.39, 0.29) is 28.5 Å². The monoisotopic (exact) mass is 302 g/mol. The van der Waals surface area contributed by atoms with Gasteiger partial charge in [0.25, 0.3) is 0 Å². The van der Waals surface area contributed by atoms with Crippen molar-refractivity contribution in [3.8, 4) is 0 Å². The fourth-order valence-corrected chi connectivity index (χ4v) is 4.97. The number of carbonyl (C=O) groups is 1. The van der Waals surface area contributed by atoms with Crippen molar-refractivity contribution >= 4 is 5.78 Å². The summed E-state index contributed by atoms with van der Waals surface area (Å²) in [5.74, 6) is 1.41. The Kier molecular flexibility index (Phi) is 3.78. The first-order valence-electron chi connectivity index (χ1n) is 8.43. The summed E-state index contributed by atoms with van der Waals surface area (Å²) in [4.78, 5) is 24.5. The zero-order valence-corrected chi connectivity index (χ0v) is 13.9. The van der Waals surface area contributed by atoms with Gasteiger partial charge in [0.05, 0.1) is 6.26 Å². The normalized spacial score (nSPS) is 31.4. The van der Waals surface area contributed by atoms with E-state index in [1.165, 1.54) is 25.2 Å². The molecule has 1 aromatic rings. The van der Waals surface area contributed by atoms with Crippen LogP contribution in [0.4, 0.5) is 0 Å². The molecule has 0 N–H and O–H groups in total. The lowest BCUT2D eigenvalue weighted by Gasteiger charge is -2.51. The molecule has 120 valence electrons. The van der Waals surface area contributed by atoms with Crippen LogP contribution in [0, 0.1) is 16.7 Å². The summed E-state index contributed by atoms with van der Waals surface area (Å²) in [6.07, 6.45) is 7.58. The van der Waals surface area contributed by atoms with Crippen molar-refractivity contribution in [2.24, 2.45) is 16.7 Å². The van der Waals surface area contributed by atoms with Gasteiger partial charge in [-0.2, -0.15) is 0 Å². The van der Waals surface area contributed by atoms with Crippen molar-refractivity contribution in [2.45, 2.75) is 65.7 Å². The van der Waals surface area contributed by atoms with Crippen LogP contribution >= 0.6 is 0 Å². The molecule has 2 atom stereocenters. The van der Waals surface area contributed by atoms with Crippen LogP contribution in [0.2, 0.25) is 0 Å². The Morgan fingerprint density at radius 1 is 1.18 bits per heavy atom. The largest absolute Gasteiger partial charge is 0.469 e. The van der Waals surface area contributed by atoms with Crippen LogP contribution in [-0.2, 0) is 17.6 Å². The van der Waals surface area contributed by atoms with Gasteiger partial charge in [-0.1, -0.05) is 27.2 Å². The summed E-state index contributed by atoms with van der Waals surface area (Å²) >= 11 is 0. The summed E-state index contributed by atoms with van der Waals surface area (Å²) in [6.45, 7) is 6.99. The highest BCUT2D eigenvalue weighted by Gasteiger charge is 2.47. The minimum Gasteiger partial charge on any atom is -0.469 e. The number of fused-ring (bicyclic) bond motifs is 2. The number of hydrogen-bond acceptors (Lipinski definition) is 3. The van der Waals surface area contributed by atoms with Gasteiger partial charge in [-0.3, -0.25) is 9.59 Å². The van der Waals surface area contributed by atoms with E-state index in [1.807, 2.05) is 0 Å². The van der Waals surface area contributed by atoms with Gasteiger partial charge in [0.2, 0.25) is 0 Å². The van der Waals surface area contributed by atoms with E-state index in [2.05, 4.69) is 20.8 Å². The second-order valence-corrected chi connectivity index (χ2v) is 8.17. The molecule has 1 saturated carbocycles. The van der Waals surface area contributed by atoms with Gasteiger partial charge in [-0.15, -0.1) is 0 Å². The maximum Gasteiger partial charge on any atom is 0.188 e. The third kappa shape index (κ3) is 2.66. The van der Waals surface area contributed by atoms with E-state index in [9.17, 15) is 9.59 Å². The maximum absolute atomic E-state index is 12.3. The summed E-state index contributed by atoms with van der Waals surface area (Å²) < 4.78 is 5.70. The van der Waals surface area contributed by atoms with E-state index in [4.69, 9.17) is 4.42 Å². The molecule has 1 aromatic heterocycles. The van der Waals surface area contributed by atoms with Gasteiger partial charge in [0.1, 0.15) is 11.5 Å². The number of ketones is 1. The summed E-state index contributed by atoms with van der Waals surface area (Å²) in [5, 5.41) is 0. The summed E-state index contributed by atoms with van der Waals surface area (Å²) in [7, 11) is 0. The zero-order valence-electron chi connectivity index (χ0n) is 13.9. The van der Waals surface area contributed by atoms with Crippen LogP contribution < -0.4 is 5.43 Å². The molecule has 0 aromatic carbocycles. The lowest BCUT2D eigenvalue weighted by Crippen LogP contribution is -2.43. The molecule has 1 fully saturated rings. The first-order valence-corrected chi connectivity index (χ1v) is 8.43. The molecule has 0 radical (unpaired) electrons. The SMILES string of the molecule is CC1(C)CCCC2(C)Cc3occc(=O)c3CC(=O)CCC12.